The Morgan fingerprint density at radius 3 is 2.30 bits per heavy atom. The number of carbonyl (C=O) groups excluding carboxylic acids is 1. The Kier molecular flexibility index (Phi) is 7.67. The molecule has 0 aliphatic carbocycles. The molecule has 2 aromatic rings. The van der Waals surface area contributed by atoms with Crippen LogP contribution in [0, 0.1) is 13.8 Å². The van der Waals surface area contributed by atoms with Crippen LogP contribution in [-0.4, -0.2) is 30.2 Å². The van der Waals surface area contributed by atoms with Crippen LogP contribution in [0.4, 0.5) is 0 Å². The van der Waals surface area contributed by atoms with Crippen molar-refractivity contribution in [1.82, 2.24) is 5.32 Å². The SMILES string of the molecule is Cc1cccc(C)c1OCC(=O)NCc1ccc(OCCCC(=O)O)cc1. The third-order valence-electron chi connectivity index (χ3n) is 3.97. The van der Waals surface area contributed by atoms with Gasteiger partial charge in [-0.05, 0) is 49.1 Å². The van der Waals surface area contributed by atoms with E-state index >= 15 is 0 Å². The van der Waals surface area contributed by atoms with Gasteiger partial charge in [-0.3, -0.25) is 9.59 Å². The summed E-state index contributed by atoms with van der Waals surface area (Å²) in [6, 6.07) is 13.2. The zero-order valence-electron chi connectivity index (χ0n) is 15.7. The number of carbonyl (C=O) groups is 2. The largest absolute Gasteiger partial charge is 0.494 e. The third kappa shape index (κ3) is 7.01. The van der Waals surface area contributed by atoms with Crippen LogP contribution >= 0.6 is 0 Å². The maximum absolute atomic E-state index is 12.0. The molecule has 0 saturated heterocycles. The summed E-state index contributed by atoms with van der Waals surface area (Å²) in [6.07, 6.45) is 0.557. The Bertz CT molecular complexity index is 750. The Morgan fingerprint density at radius 2 is 1.67 bits per heavy atom. The fourth-order valence-electron chi connectivity index (χ4n) is 2.53. The zero-order chi connectivity index (χ0) is 19.6. The first-order valence-electron chi connectivity index (χ1n) is 8.85. The van der Waals surface area contributed by atoms with Crippen molar-refractivity contribution in [2.45, 2.75) is 33.2 Å². The van der Waals surface area contributed by atoms with E-state index in [0.29, 0.717) is 25.3 Å². The van der Waals surface area contributed by atoms with Crippen LogP contribution in [0.25, 0.3) is 0 Å². The third-order valence-corrected chi connectivity index (χ3v) is 3.97. The minimum absolute atomic E-state index is 0.0313. The lowest BCUT2D eigenvalue weighted by molar-refractivity contribution is -0.137. The molecule has 27 heavy (non-hydrogen) atoms. The number of rotatable bonds is 10. The molecule has 0 fully saturated rings. The second-order valence-corrected chi connectivity index (χ2v) is 6.28. The number of carboxylic acids is 1. The number of amides is 1. The smallest absolute Gasteiger partial charge is 0.303 e. The van der Waals surface area contributed by atoms with Gasteiger partial charge in [-0.1, -0.05) is 30.3 Å². The Morgan fingerprint density at radius 1 is 1.00 bits per heavy atom. The van der Waals surface area contributed by atoms with Crippen molar-refractivity contribution in [3.63, 3.8) is 0 Å². The van der Waals surface area contributed by atoms with Gasteiger partial charge in [0.2, 0.25) is 0 Å². The second-order valence-electron chi connectivity index (χ2n) is 6.28. The van der Waals surface area contributed by atoms with Crippen LogP contribution in [0.1, 0.15) is 29.5 Å². The van der Waals surface area contributed by atoms with Crippen molar-refractivity contribution in [2.75, 3.05) is 13.2 Å². The summed E-state index contributed by atoms with van der Waals surface area (Å²) in [6.45, 7) is 4.62. The van der Waals surface area contributed by atoms with Crippen molar-refractivity contribution in [3.05, 3.63) is 59.2 Å². The Hall–Kier alpha value is -3.02. The predicted octanol–water partition coefficient (Wildman–Crippen LogP) is 3.24. The lowest BCUT2D eigenvalue weighted by Crippen LogP contribution is -2.28. The first-order valence-corrected chi connectivity index (χ1v) is 8.85. The van der Waals surface area contributed by atoms with Gasteiger partial charge >= 0.3 is 5.97 Å². The molecule has 6 heteroatoms. The fraction of sp³-hybridized carbons (Fsp3) is 0.333. The topological polar surface area (TPSA) is 84.9 Å². The molecule has 2 aromatic carbocycles. The van der Waals surface area contributed by atoms with Crippen LogP contribution in [0.5, 0.6) is 11.5 Å². The number of para-hydroxylation sites is 1. The Balaban J connectivity index is 1.72. The van der Waals surface area contributed by atoms with E-state index in [1.165, 1.54) is 0 Å². The molecule has 6 nitrogen and oxygen atoms in total. The minimum Gasteiger partial charge on any atom is -0.494 e. The molecule has 0 unspecified atom stereocenters. The molecule has 2 rings (SSSR count). The normalized spacial score (nSPS) is 10.3. The lowest BCUT2D eigenvalue weighted by Gasteiger charge is -2.12. The molecule has 0 aliphatic rings. The standard InChI is InChI=1S/C21H25NO5/c1-15-5-3-6-16(2)21(15)27-14-19(23)22-13-17-8-10-18(11-9-17)26-12-4-7-20(24)25/h3,5-6,8-11H,4,7,12-14H2,1-2H3,(H,22,23)(H,24,25). The monoisotopic (exact) mass is 371 g/mol. The maximum Gasteiger partial charge on any atom is 0.303 e. The van der Waals surface area contributed by atoms with Crippen LogP contribution in [0.3, 0.4) is 0 Å². The molecule has 0 saturated carbocycles. The summed E-state index contributed by atoms with van der Waals surface area (Å²) < 4.78 is 11.1. The highest BCUT2D eigenvalue weighted by atomic mass is 16.5. The van der Waals surface area contributed by atoms with Gasteiger partial charge in [0.15, 0.2) is 6.61 Å². The summed E-state index contributed by atoms with van der Waals surface area (Å²) >= 11 is 0. The number of nitrogens with one attached hydrogen (secondary N) is 1. The summed E-state index contributed by atoms with van der Waals surface area (Å²) in [4.78, 5) is 22.4. The molecular formula is C21H25NO5. The summed E-state index contributed by atoms with van der Waals surface area (Å²) in [5.41, 5.74) is 2.94. The maximum atomic E-state index is 12.0. The average molecular weight is 371 g/mol. The van der Waals surface area contributed by atoms with E-state index in [2.05, 4.69) is 5.32 Å². The summed E-state index contributed by atoms with van der Waals surface area (Å²) in [5.74, 6) is 0.406. The van der Waals surface area contributed by atoms with Crippen LogP contribution in [0.2, 0.25) is 0 Å². The molecule has 0 aliphatic heterocycles. The number of ether oxygens (including phenoxy) is 2. The number of hydrogen-bond acceptors (Lipinski definition) is 4. The van der Waals surface area contributed by atoms with Crippen molar-refractivity contribution in [1.29, 1.82) is 0 Å². The molecule has 144 valence electrons. The van der Waals surface area contributed by atoms with E-state index < -0.39 is 5.97 Å². The van der Waals surface area contributed by atoms with Gasteiger partial charge in [-0.25, -0.2) is 0 Å². The molecule has 1 amide bonds. The fourth-order valence-corrected chi connectivity index (χ4v) is 2.53. The molecule has 0 spiro atoms. The van der Waals surface area contributed by atoms with Crippen LogP contribution < -0.4 is 14.8 Å². The number of benzene rings is 2. The van der Waals surface area contributed by atoms with Gasteiger partial charge in [0.05, 0.1) is 6.61 Å². The molecule has 0 radical (unpaired) electrons. The van der Waals surface area contributed by atoms with Gasteiger partial charge in [0, 0.05) is 13.0 Å². The highest BCUT2D eigenvalue weighted by Gasteiger charge is 2.07. The molecule has 0 bridgehead atoms. The van der Waals surface area contributed by atoms with Gasteiger partial charge in [0.1, 0.15) is 11.5 Å². The van der Waals surface area contributed by atoms with Crippen molar-refractivity contribution in [2.24, 2.45) is 0 Å². The molecule has 2 N–H and O–H groups in total. The van der Waals surface area contributed by atoms with E-state index in [9.17, 15) is 9.59 Å². The first kappa shape index (κ1) is 20.3. The van der Waals surface area contributed by atoms with E-state index in [1.54, 1.807) is 12.1 Å². The molecule has 0 heterocycles. The van der Waals surface area contributed by atoms with Crippen molar-refractivity contribution < 1.29 is 24.2 Å². The minimum atomic E-state index is -0.828. The predicted molar refractivity (Wildman–Crippen MR) is 102 cm³/mol. The second kappa shape index (κ2) is 10.2. The Labute approximate surface area is 159 Å². The average Bonchev–Trinajstić information content (AvgIpc) is 2.64. The highest BCUT2D eigenvalue weighted by Crippen LogP contribution is 2.22. The van der Waals surface area contributed by atoms with E-state index in [0.717, 1.165) is 22.4 Å². The number of carboxylic acid groups (broad SMARTS) is 1. The van der Waals surface area contributed by atoms with E-state index in [-0.39, 0.29) is 18.9 Å². The highest BCUT2D eigenvalue weighted by molar-refractivity contribution is 5.77. The zero-order valence-corrected chi connectivity index (χ0v) is 15.7. The van der Waals surface area contributed by atoms with Gasteiger partial charge in [-0.2, -0.15) is 0 Å². The quantitative estimate of drug-likeness (QED) is 0.626. The van der Waals surface area contributed by atoms with Gasteiger partial charge in [-0.15, -0.1) is 0 Å². The lowest BCUT2D eigenvalue weighted by atomic mass is 10.1. The van der Waals surface area contributed by atoms with Crippen molar-refractivity contribution in [3.8, 4) is 11.5 Å². The number of aryl methyl sites for hydroxylation is 2. The summed E-state index contributed by atoms with van der Waals surface area (Å²) in [5, 5.41) is 11.4. The molecule has 0 aromatic heterocycles. The first-order chi connectivity index (χ1) is 13.0. The molecule has 0 atom stereocenters. The summed E-state index contributed by atoms with van der Waals surface area (Å²) in [7, 11) is 0. The van der Waals surface area contributed by atoms with Crippen LogP contribution in [0.15, 0.2) is 42.5 Å². The van der Waals surface area contributed by atoms with E-state index in [1.807, 2.05) is 44.2 Å². The number of aliphatic carboxylic acids is 1. The molecular weight excluding hydrogens is 346 g/mol. The van der Waals surface area contributed by atoms with Crippen molar-refractivity contribution >= 4 is 11.9 Å². The van der Waals surface area contributed by atoms with Gasteiger partial charge in [0.25, 0.3) is 5.91 Å². The number of hydrogen-bond donors (Lipinski definition) is 2. The van der Waals surface area contributed by atoms with Crippen LogP contribution in [-0.2, 0) is 16.1 Å². The van der Waals surface area contributed by atoms with Gasteiger partial charge < -0.3 is 19.9 Å². The van der Waals surface area contributed by atoms with E-state index in [4.69, 9.17) is 14.6 Å².